The lowest BCUT2D eigenvalue weighted by molar-refractivity contribution is 0.385. The van der Waals surface area contributed by atoms with Gasteiger partial charge in [0, 0.05) is 36.6 Å². The van der Waals surface area contributed by atoms with Crippen molar-refractivity contribution in [2.75, 3.05) is 14.2 Å². The van der Waals surface area contributed by atoms with Crippen LogP contribution in [0, 0.1) is 6.92 Å². The highest BCUT2D eigenvalue weighted by Gasteiger charge is 2.13. The van der Waals surface area contributed by atoms with Crippen LogP contribution in [0.2, 0.25) is 0 Å². The Kier molecular flexibility index (Phi) is 4.71. The molecule has 1 atom stereocenters. The van der Waals surface area contributed by atoms with E-state index in [2.05, 4.69) is 35.8 Å². The maximum Gasteiger partial charge on any atom is 0.139 e. The molecule has 0 spiro atoms. The van der Waals surface area contributed by atoms with Crippen LogP contribution in [0.3, 0.4) is 0 Å². The lowest BCUT2D eigenvalue weighted by Gasteiger charge is -2.17. The maximum absolute atomic E-state index is 5.49. The molecule has 1 N–H and O–H groups in total. The van der Waals surface area contributed by atoms with Crippen molar-refractivity contribution in [3.63, 3.8) is 0 Å². The standard InChI is InChI=1S/C19H23N3O2/c1-13-6-5-9-22-12-15(21-19(13)22)11-20-14(2)17-8-7-16(23-3)10-18(17)24-4/h5-10,12,14,20H,11H2,1-4H3. The third kappa shape index (κ3) is 3.21. The summed E-state index contributed by atoms with van der Waals surface area (Å²) in [7, 11) is 3.33. The van der Waals surface area contributed by atoms with Gasteiger partial charge in [0.15, 0.2) is 0 Å². The number of imidazole rings is 1. The van der Waals surface area contributed by atoms with Crippen LogP contribution in [0.4, 0.5) is 0 Å². The normalized spacial score (nSPS) is 12.3. The summed E-state index contributed by atoms with van der Waals surface area (Å²) in [4.78, 5) is 4.70. The van der Waals surface area contributed by atoms with Gasteiger partial charge < -0.3 is 19.2 Å². The lowest BCUT2D eigenvalue weighted by atomic mass is 10.1. The van der Waals surface area contributed by atoms with Crippen molar-refractivity contribution in [2.24, 2.45) is 0 Å². The van der Waals surface area contributed by atoms with Gasteiger partial charge in [-0.15, -0.1) is 0 Å². The van der Waals surface area contributed by atoms with Crippen LogP contribution in [0.5, 0.6) is 11.5 Å². The minimum Gasteiger partial charge on any atom is -0.497 e. The predicted octanol–water partition coefficient (Wildman–Crippen LogP) is 3.51. The third-order valence-electron chi connectivity index (χ3n) is 4.22. The number of aryl methyl sites for hydroxylation is 1. The first-order valence-corrected chi connectivity index (χ1v) is 8.01. The van der Waals surface area contributed by atoms with Crippen LogP contribution in [0.25, 0.3) is 5.65 Å². The zero-order valence-corrected chi connectivity index (χ0v) is 14.5. The fourth-order valence-corrected chi connectivity index (χ4v) is 2.83. The van der Waals surface area contributed by atoms with Gasteiger partial charge in [0.25, 0.3) is 0 Å². The molecule has 126 valence electrons. The number of benzene rings is 1. The molecule has 0 saturated heterocycles. The Bertz CT molecular complexity index is 842. The van der Waals surface area contributed by atoms with Gasteiger partial charge in [0.1, 0.15) is 17.1 Å². The molecule has 0 bridgehead atoms. The molecule has 3 rings (SSSR count). The number of pyridine rings is 1. The molecule has 0 aliphatic carbocycles. The molecule has 0 amide bonds. The van der Waals surface area contributed by atoms with E-state index in [1.54, 1.807) is 14.2 Å². The van der Waals surface area contributed by atoms with Crippen molar-refractivity contribution < 1.29 is 9.47 Å². The number of aromatic nitrogens is 2. The summed E-state index contributed by atoms with van der Waals surface area (Å²) in [6.45, 7) is 4.88. The number of rotatable bonds is 6. The van der Waals surface area contributed by atoms with Crippen LogP contribution >= 0.6 is 0 Å². The van der Waals surface area contributed by atoms with E-state index in [9.17, 15) is 0 Å². The quantitative estimate of drug-likeness (QED) is 0.753. The summed E-state index contributed by atoms with van der Waals surface area (Å²) in [6.07, 6.45) is 4.09. The van der Waals surface area contributed by atoms with Crippen molar-refractivity contribution >= 4 is 5.65 Å². The molecule has 0 saturated carbocycles. The molecule has 3 aromatic rings. The lowest BCUT2D eigenvalue weighted by Crippen LogP contribution is -2.19. The minimum absolute atomic E-state index is 0.136. The second-order valence-electron chi connectivity index (χ2n) is 5.86. The fraction of sp³-hybridized carbons (Fsp3) is 0.316. The predicted molar refractivity (Wildman–Crippen MR) is 94.7 cm³/mol. The smallest absolute Gasteiger partial charge is 0.139 e. The minimum atomic E-state index is 0.136. The molecule has 0 radical (unpaired) electrons. The van der Waals surface area contributed by atoms with Gasteiger partial charge in [-0.2, -0.15) is 0 Å². The highest BCUT2D eigenvalue weighted by atomic mass is 16.5. The summed E-state index contributed by atoms with van der Waals surface area (Å²) in [6, 6.07) is 10.1. The first-order chi connectivity index (χ1) is 11.6. The molecule has 1 aromatic carbocycles. The number of hydrogen-bond acceptors (Lipinski definition) is 4. The summed E-state index contributed by atoms with van der Waals surface area (Å²) in [5.74, 6) is 1.61. The van der Waals surface area contributed by atoms with E-state index in [1.807, 2.05) is 30.5 Å². The number of nitrogens with one attached hydrogen (secondary N) is 1. The largest absolute Gasteiger partial charge is 0.497 e. The summed E-state index contributed by atoms with van der Waals surface area (Å²) < 4.78 is 12.8. The Balaban J connectivity index is 1.74. The molecule has 5 heteroatoms. The van der Waals surface area contributed by atoms with Crippen molar-refractivity contribution in [3.8, 4) is 11.5 Å². The number of hydrogen-bond donors (Lipinski definition) is 1. The number of fused-ring (bicyclic) bond motifs is 1. The zero-order valence-electron chi connectivity index (χ0n) is 14.5. The molecular formula is C19H23N3O2. The number of methoxy groups -OCH3 is 2. The van der Waals surface area contributed by atoms with E-state index in [0.717, 1.165) is 28.4 Å². The Labute approximate surface area is 142 Å². The Morgan fingerprint density at radius 3 is 2.75 bits per heavy atom. The van der Waals surface area contributed by atoms with Crippen LogP contribution < -0.4 is 14.8 Å². The molecule has 0 aliphatic rings. The van der Waals surface area contributed by atoms with Crippen molar-refractivity contribution in [3.05, 3.63) is 59.5 Å². The second-order valence-corrected chi connectivity index (χ2v) is 5.86. The van der Waals surface area contributed by atoms with Crippen molar-refractivity contribution in [1.82, 2.24) is 14.7 Å². The molecule has 5 nitrogen and oxygen atoms in total. The Hall–Kier alpha value is -2.53. The molecule has 2 aromatic heterocycles. The average molecular weight is 325 g/mol. The monoisotopic (exact) mass is 325 g/mol. The van der Waals surface area contributed by atoms with Crippen LogP contribution in [0.15, 0.2) is 42.7 Å². The molecule has 0 aliphatic heterocycles. The first kappa shape index (κ1) is 16.3. The summed E-state index contributed by atoms with van der Waals surface area (Å²) >= 11 is 0. The SMILES string of the molecule is COc1ccc(C(C)NCc2cn3cccc(C)c3n2)c(OC)c1. The van der Waals surface area contributed by atoms with Gasteiger partial charge in [-0.1, -0.05) is 12.1 Å². The van der Waals surface area contributed by atoms with E-state index in [4.69, 9.17) is 14.5 Å². The van der Waals surface area contributed by atoms with E-state index in [-0.39, 0.29) is 6.04 Å². The third-order valence-corrected chi connectivity index (χ3v) is 4.22. The van der Waals surface area contributed by atoms with Gasteiger partial charge in [-0.3, -0.25) is 0 Å². The van der Waals surface area contributed by atoms with Gasteiger partial charge in [0.2, 0.25) is 0 Å². The maximum atomic E-state index is 5.49. The highest BCUT2D eigenvalue weighted by molar-refractivity contribution is 5.48. The molecule has 0 fully saturated rings. The van der Waals surface area contributed by atoms with Crippen LogP contribution in [-0.2, 0) is 6.54 Å². The first-order valence-electron chi connectivity index (χ1n) is 8.01. The number of ether oxygens (including phenoxy) is 2. The van der Waals surface area contributed by atoms with Gasteiger partial charge >= 0.3 is 0 Å². The van der Waals surface area contributed by atoms with E-state index in [0.29, 0.717) is 6.54 Å². The molecular weight excluding hydrogens is 302 g/mol. The highest BCUT2D eigenvalue weighted by Crippen LogP contribution is 2.29. The molecule has 24 heavy (non-hydrogen) atoms. The average Bonchev–Trinajstić information content (AvgIpc) is 3.03. The van der Waals surface area contributed by atoms with Crippen LogP contribution in [-0.4, -0.2) is 23.6 Å². The molecule has 2 heterocycles. The van der Waals surface area contributed by atoms with Gasteiger partial charge in [0.05, 0.1) is 19.9 Å². The Morgan fingerprint density at radius 2 is 2.04 bits per heavy atom. The van der Waals surface area contributed by atoms with E-state index in [1.165, 1.54) is 5.56 Å². The summed E-state index contributed by atoms with van der Waals surface area (Å²) in [5, 5.41) is 3.51. The fourth-order valence-electron chi connectivity index (χ4n) is 2.83. The van der Waals surface area contributed by atoms with Gasteiger partial charge in [-0.25, -0.2) is 4.98 Å². The van der Waals surface area contributed by atoms with E-state index >= 15 is 0 Å². The zero-order chi connectivity index (χ0) is 17.1. The van der Waals surface area contributed by atoms with Crippen molar-refractivity contribution in [1.29, 1.82) is 0 Å². The van der Waals surface area contributed by atoms with E-state index < -0.39 is 0 Å². The van der Waals surface area contributed by atoms with Crippen molar-refractivity contribution in [2.45, 2.75) is 26.4 Å². The van der Waals surface area contributed by atoms with Gasteiger partial charge in [-0.05, 0) is 31.5 Å². The van der Waals surface area contributed by atoms with Crippen LogP contribution in [0.1, 0.15) is 29.8 Å². The number of nitrogens with zero attached hydrogens (tertiary/aromatic N) is 2. The Morgan fingerprint density at radius 1 is 1.21 bits per heavy atom. The molecule has 1 unspecified atom stereocenters. The topological polar surface area (TPSA) is 47.8 Å². The summed E-state index contributed by atoms with van der Waals surface area (Å²) in [5.41, 5.74) is 4.29. The second kappa shape index (κ2) is 6.93.